The summed E-state index contributed by atoms with van der Waals surface area (Å²) < 4.78 is 5.56. The molecule has 0 bridgehead atoms. The Kier molecular flexibility index (Phi) is 8.88. The maximum atomic E-state index is 12.5. The van der Waals surface area contributed by atoms with Crippen LogP contribution in [0.5, 0.6) is 0 Å². The molecule has 0 fully saturated rings. The fourth-order valence-electron chi connectivity index (χ4n) is 3.11. The van der Waals surface area contributed by atoms with Gasteiger partial charge in [-0.15, -0.1) is 6.58 Å². The van der Waals surface area contributed by atoms with Gasteiger partial charge in [-0.1, -0.05) is 78.9 Å². The van der Waals surface area contributed by atoms with Gasteiger partial charge in [0.2, 0.25) is 0 Å². The number of esters is 1. The Bertz CT molecular complexity index is 775. The largest absolute Gasteiger partial charge is 0.460 e. The van der Waals surface area contributed by atoms with E-state index < -0.39 is 5.60 Å². The molecule has 0 amide bonds. The fraction of sp³-hybridized carbons (Fsp3) is 0.346. The number of ether oxygens (including phenoxy) is 1. The van der Waals surface area contributed by atoms with Gasteiger partial charge in [0.1, 0.15) is 5.60 Å². The molecule has 1 N–H and O–H groups in total. The molecule has 2 unspecified atom stereocenters. The molecule has 0 spiro atoms. The van der Waals surface area contributed by atoms with E-state index in [1.807, 2.05) is 75.4 Å². The Morgan fingerprint density at radius 3 is 2.28 bits per heavy atom. The van der Waals surface area contributed by atoms with E-state index >= 15 is 0 Å². The molecule has 0 heterocycles. The Labute approximate surface area is 175 Å². The van der Waals surface area contributed by atoms with Crippen LogP contribution in [0.15, 0.2) is 79.4 Å². The maximum absolute atomic E-state index is 12.5. The van der Waals surface area contributed by atoms with Gasteiger partial charge in [0.05, 0.1) is 6.42 Å². The third kappa shape index (κ3) is 8.93. The van der Waals surface area contributed by atoms with Gasteiger partial charge >= 0.3 is 5.97 Å². The van der Waals surface area contributed by atoms with Gasteiger partial charge in [-0.2, -0.15) is 0 Å². The summed E-state index contributed by atoms with van der Waals surface area (Å²) in [7, 11) is 0. The molecule has 0 aromatic heterocycles. The van der Waals surface area contributed by atoms with Crippen LogP contribution >= 0.6 is 0 Å². The van der Waals surface area contributed by atoms with Crippen molar-refractivity contribution in [2.24, 2.45) is 0 Å². The van der Waals surface area contributed by atoms with Crippen LogP contribution in [0.1, 0.15) is 57.2 Å². The standard InChI is InChI=1S/C26H33NO2/c1-5-6-17-24(22-15-11-8-12-16-22)27-23(20-25(28)29-26(2,3)4)19-18-21-13-9-7-10-14-21/h5,7-16,18-19,23-24,27H,1,6,17,20H2,2-4H3/b19-18+. The molecule has 0 aliphatic heterocycles. The van der Waals surface area contributed by atoms with Gasteiger partial charge in [-0.05, 0) is 44.7 Å². The highest BCUT2D eigenvalue weighted by molar-refractivity contribution is 5.71. The van der Waals surface area contributed by atoms with Crippen molar-refractivity contribution in [3.05, 3.63) is 90.5 Å². The molecule has 2 rings (SSSR count). The molecule has 0 aliphatic rings. The van der Waals surface area contributed by atoms with E-state index in [-0.39, 0.29) is 24.5 Å². The third-order valence-corrected chi connectivity index (χ3v) is 4.40. The van der Waals surface area contributed by atoms with Crippen molar-refractivity contribution in [1.29, 1.82) is 0 Å². The molecule has 0 aliphatic carbocycles. The lowest BCUT2D eigenvalue weighted by Crippen LogP contribution is -2.35. The van der Waals surface area contributed by atoms with Crippen molar-refractivity contribution in [1.82, 2.24) is 5.32 Å². The number of allylic oxidation sites excluding steroid dienone is 1. The third-order valence-electron chi connectivity index (χ3n) is 4.40. The Morgan fingerprint density at radius 1 is 1.07 bits per heavy atom. The minimum atomic E-state index is -0.494. The second-order valence-electron chi connectivity index (χ2n) is 8.16. The van der Waals surface area contributed by atoms with E-state index in [1.54, 1.807) is 0 Å². The SMILES string of the molecule is C=CCCC(NC(/C=C/c1ccccc1)CC(=O)OC(C)(C)C)c1ccccc1. The molecule has 154 valence electrons. The number of hydrogen-bond acceptors (Lipinski definition) is 3. The lowest BCUT2D eigenvalue weighted by atomic mass is 9.99. The van der Waals surface area contributed by atoms with Crippen LogP contribution in [0.2, 0.25) is 0 Å². The predicted octanol–water partition coefficient (Wildman–Crippen LogP) is 6.10. The van der Waals surface area contributed by atoms with E-state index in [9.17, 15) is 4.79 Å². The van der Waals surface area contributed by atoms with Crippen LogP contribution in [0.3, 0.4) is 0 Å². The van der Waals surface area contributed by atoms with Crippen molar-refractivity contribution in [3.8, 4) is 0 Å². The first-order valence-corrected chi connectivity index (χ1v) is 10.2. The predicted molar refractivity (Wildman–Crippen MR) is 121 cm³/mol. The van der Waals surface area contributed by atoms with Crippen molar-refractivity contribution < 1.29 is 9.53 Å². The first-order valence-electron chi connectivity index (χ1n) is 10.2. The highest BCUT2D eigenvalue weighted by Crippen LogP contribution is 2.21. The molecule has 3 nitrogen and oxygen atoms in total. The summed E-state index contributed by atoms with van der Waals surface area (Å²) in [5, 5.41) is 3.66. The number of benzene rings is 2. The maximum Gasteiger partial charge on any atom is 0.308 e. The zero-order valence-corrected chi connectivity index (χ0v) is 17.8. The molecular formula is C26H33NO2. The molecule has 0 saturated carbocycles. The quantitative estimate of drug-likeness (QED) is 0.393. The molecule has 2 aromatic carbocycles. The van der Waals surface area contributed by atoms with Crippen LogP contribution in [-0.2, 0) is 9.53 Å². The summed E-state index contributed by atoms with van der Waals surface area (Å²) in [6.45, 7) is 9.53. The number of rotatable bonds is 10. The number of carbonyl (C=O) groups excluding carboxylic acids is 1. The van der Waals surface area contributed by atoms with Crippen molar-refractivity contribution in [3.63, 3.8) is 0 Å². The number of carbonyl (C=O) groups is 1. The lowest BCUT2D eigenvalue weighted by Gasteiger charge is -2.26. The summed E-state index contributed by atoms with van der Waals surface area (Å²) >= 11 is 0. The molecule has 3 heteroatoms. The zero-order valence-electron chi connectivity index (χ0n) is 17.8. The summed E-state index contributed by atoms with van der Waals surface area (Å²) in [4.78, 5) is 12.5. The van der Waals surface area contributed by atoms with Crippen LogP contribution in [-0.4, -0.2) is 17.6 Å². The van der Waals surface area contributed by atoms with E-state index in [1.165, 1.54) is 5.56 Å². The first-order chi connectivity index (χ1) is 13.9. The molecular weight excluding hydrogens is 358 g/mol. The normalized spacial score (nSPS) is 13.8. The zero-order chi connectivity index (χ0) is 21.1. The van der Waals surface area contributed by atoms with E-state index in [0.717, 1.165) is 18.4 Å². The summed E-state index contributed by atoms with van der Waals surface area (Å²) in [6, 6.07) is 20.4. The van der Waals surface area contributed by atoms with Crippen LogP contribution in [0, 0.1) is 0 Å². The summed E-state index contributed by atoms with van der Waals surface area (Å²) in [5.41, 5.74) is 1.81. The number of nitrogens with one attached hydrogen (secondary N) is 1. The van der Waals surface area contributed by atoms with E-state index in [0.29, 0.717) is 0 Å². The molecule has 2 aromatic rings. The Balaban J connectivity index is 2.20. The average molecular weight is 392 g/mol. The van der Waals surface area contributed by atoms with Crippen LogP contribution < -0.4 is 5.32 Å². The van der Waals surface area contributed by atoms with Crippen molar-refractivity contribution in [2.45, 2.75) is 57.7 Å². The van der Waals surface area contributed by atoms with Gasteiger partial charge in [0, 0.05) is 12.1 Å². The smallest absolute Gasteiger partial charge is 0.308 e. The fourth-order valence-corrected chi connectivity index (χ4v) is 3.11. The van der Waals surface area contributed by atoms with E-state index in [4.69, 9.17) is 4.74 Å². The molecule has 0 saturated heterocycles. The molecule has 29 heavy (non-hydrogen) atoms. The minimum Gasteiger partial charge on any atom is -0.460 e. The first kappa shape index (κ1) is 22.6. The van der Waals surface area contributed by atoms with Gasteiger partial charge in [0.25, 0.3) is 0 Å². The Hall–Kier alpha value is -2.65. The topological polar surface area (TPSA) is 38.3 Å². The summed E-state index contributed by atoms with van der Waals surface area (Å²) in [6.07, 6.45) is 8.13. The highest BCUT2D eigenvalue weighted by atomic mass is 16.6. The van der Waals surface area contributed by atoms with Gasteiger partial charge in [-0.25, -0.2) is 0 Å². The van der Waals surface area contributed by atoms with Gasteiger partial charge in [-0.3, -0.25) is 4.79 Å². The monoisotopic (exact) mass is 391 g/mol. The van der Waals surface area contributed by atoms with Gasteiger partial charge in [0.15, 0.2) is 0 Å². The Morgan fingerprint density at radius 2 is 1.69 bits per heavy atom. The van der Waals surface area contributed by atoms with Crippen molar-refractivity contribution in [2.75, 3.05) is 0 Å². The van der Waals surface area contributed by atoms with Crippen LogP contribution in [0.4, 0.5) is 0 Å². The second-order valence-corrected chi connectivity index (χ2v) is 8.16. The lowest BCUT2D eigenvalue weighted by molar-refractivity contribution is -0.155. The minimum absolute atomic E-state index is 0.127. The number of hydrogen-bond donors (Lipinski definition) is 1. The van der Waals surface area contributed by atoms with Gasteiger partial charge < -0.3 is 10.1 Å². The summed E-state index contributed by atoms with van der Waals surface area (Å²) in [5.74, 6) is -0.205. The second kappa shape index (κ2) is 11.4. The van der Waals surface area contributed by atoms with Crippen molar-refractivity contribution >= 4 is 12.0 Å². The highest BCUT2D eigenvalue weighted by Gasteiger charge is 2.21. The van der Waals surface area contributed by atoms with Crippen LogP contribution in [0.25, 0.3) is 6.08 Å². The molecule has 2 atom stereocenters. The van der Waals surface area contributed by atoms with E-state index in [2.05, 4.69) is 36.2 Å². The molecule has 0 radical (unpaired) electrons. The average Bonchev–Trinajstić information content (AvgIpc) is 2.69.